The van der Waals surface area contributed by atoms with Crippen LogP contribution >= 0.6 is 0 Å². The van der Waals surface area contributed by atoms with Crippen molar-refractivity contribution in [3.05, 3.63) is 48.0 Å². The molecule has 1 aliphatic heterocycles. The molecule has 1 saturated heterocycles. The Morgan fingerprint density at radius 1 is 0.931 bits per heavy atom. The van der Waals surface area contributed by atoms with E-state index in [0.717, 1.165) is 13.1 Å². The Balaban J connectivity index is 1.61. The number of anilines is 1. The lowest BCUT2D eigenvalue weighted by Crippen LogP contribution is -2.50. The van der Waals surface area contributed by atoms with E-state index >= 15 is 0 Å². The standard InChI is InChI=1S/C22H29N3O4/c1-16(17-8-6-5-7-9-17)24-10-12-25(13-11-24)22(26)23-18-14-19(27-2)21(29-4)20(15-18)28-3/h5-9,14-16H,10-13H2,1-4H3,(H,23,26). The molecule has 1 aliphatic rings. The van der Waals surface area contributed by atoms with E-state index in [0.29, 0.717) is 42.1 Å². The summed E-state index contributed by atoms with van der Waals surface area (Å²) in [5.41, 5.74) is 1.90. The first-order valence-corrected chi connectivity index (χ1v) is 9.72. The van der Waals surface area contributed by atoms with E-state index < -0.39 is 0 Å². The van der Waals surface area contributed by atoms with Gasteiger partial charge in [0.15, 0.2) is 11.5 Å². The molecule has 2 aromatic carbocycles. The van der Waals surface area contributed by atoms with E-state index in [4.69, 9.17) is 14.2 Å². The summed E-state index contributed by atoms with van der Waals surface area (Å²) in [5, 5.41) is 2.94. The zero-order valence-corrected chi connectivity index (χ0v) is 17.5. The van der Waals surface area contributed by atoms with E-state index in [1.54, 1.807) is 33.5 Å². The van der Waals surface area contributed by atoms with Crippen LogP contribution in [0.4, 0.5) is 10.5 Å². The van der Waals surface area contributed by atoms with Crippen LogP contribution in [0.3, 0.4) is 0 Å². The van der Waals surface area contributed by atoms with Crippen LogP contribution in [-0.2, 0) is 0 Å². The topological polar surface area (TPSA) is 63.3 Å². The number of rotatable bonds is 6. The molecule has 0 radical (unpaired) electrons. The predicted molar refractivity (Wildman–Crippen MR) is 113 cm³/mol. The van der Waals surface area contributed by atoms with Crippen LogP contribution in [0.2, 0.25) is 0 Å². The smallest absolute Gasteiger partial charge is 0.321 e. The van der Waals surface area contributed by atoms with Crippen LogP contribution in [-0.4, -0.2) is 63.3 Å². The summed E-state index contributed by atoms with van der Waals surface area (Å²) in [4.78, 5) is 17.0. The van der Waals surface area contributed by atoms with Crippen molar-refractivity contribution in [1.29, 1.82) is 0 Å². The van der Waals surface area contributed by atoms with Gasteiger partial charge in [0, 0.05) is 44.4 Å². The number of nitrogens with one attached hydrogen (secondary N) is 1. The lowest BCUT2D eigenvalue weighted by atomic mass is 10.1. The molecule has 1 heterocycles. The first kappa shape index (κ1) is 20.8. The van der Waals surface area contributed by atoms with Gasteiger partial charge in [0.2, 0.25) is 5.75 Å². The fraction of sp³-hybridized carbons (Fsp3) is 0.409. The van der Waals surface area contributed by atoms with Gasteiger partial charge in [-0.05, 0) is 12.5 Å². The van der Waals surface area contributed by atoms with E-state index in [-0.39, 0.29) is 6.03 Å². The van der Waals surface area contributed by atoms with Crippen molar-refractivity contribution in [1.82, 2.24) is 9.80 Å². The Bertz CT molecular complexity index is 795. The van der Waals surface area contributed by atoms with Crippen molar-refractivity contribution in [2.24, 2.45) is 0 Å². The molecule has 156 valence electrons. The van der Waals surface area contributed by atoms with Gasteiger partial charge >= 0.3 is 6.03 Å². The highest BCUT2D eigenvalue weighted by atomic mass is 16.5. The van der Waals surface area contributed by atoms with Crippen LogP contribution in [0.15, 0.2) is 42.5 Å². The number of carbonyl (C=O) groups excluding carboxylic acids is 1. The fourth-order valence-electron chi connectivity index (χ4n) is 3.61. The summed E-state index contributed by atoms with van der Waals surface area (Å²) in [7, 11) is 4.65. The van der Waals surface area contributed by atoms with E-state index in [1.165, 1.54) is 5.56 Å². The number of amides is 2. The Morgan fingerprint density at radius 3 is 2.03 bits per heavy atom. The molecule has 2 aromatic rings. The van der Waals surface area contributed by atoms with Crippen molar-refractivity contribution in [2.75, 3.05) is 52.8 Å². The number of piperazine rings is 1. The average Bonchev–Trinajstić information content (AvgIpc) is 2.78. The molecule has 0 saturated carbocycles. The summed E-state index contributed by atoms with van der Waals surface area (Å²) in [6.07, 6.45) is 0. The second-order valence-electron chi connectivity index (χ2n) is 6.95. The molecule has 0 aromatic heterocycles. The number of hydrogen-bond donors (Lipinski definition) is 1. The highest BCUT2D eigenvalue weighted by Crippen LogP contribution is 2.40. The molecule has 0 aliphatic carbocycles. The van der Waals surface area contributed by atoms with E-state index in [2.05, 4.69) is 41.4 Å². The first-order chi connectivity index (χ1) is 14.1. The van der Waals surface area contributed by atoms with Crippen LogP contribution < -0.4 is 19.5 Å². The van der Waals surface area contributed by atoms with Gasteiger partial charge in [-0.1, -0.05) is 30.3 Å². The molecule has 7 heteroatoms. The minimum atomic E-state index is -0.133. The lowest BCUT2D eigenvalue weighted by molar-refractivity contribution is 0.119. The number of carbonyl (C=O) groups is 1. The lowest BCUT2D eigenvalue weighted by Gasteiger charge is -2.38. The Morgan fingerprint density at radius 2 is 1.52 bits per heavy atom. The molecule has 1 atom stereocenters. The zero-order valence-electron chi connectivity index (χ0n) is 17.5. The molecule has 0 bridgehead atoms. The van der Waals surface area contributed by atoms with Crippen molar-refractivity contribution in [3.8, 4) is 17.2 Å². The summed E-state index contributed by atoms with van der Waals surface area (Å²) in [6, 6.07) is 14.1. The molecule has 1 fully saturated rings. The summed E-state index contributed by atoms with van der Waals surface area (Å²) < 4.78 is 16.0. The van der Waals surface area contributed by atoms with Crippen LogP contribution in [0.25, 0.3) is 0 Å². The van der Waals surface area contributed by atoms with E-state index in [9.17, 15) is 4.79 Å². The molecular weight excluding hydrogens is 370 g/mol. The van der Waals surface area contributed by atoms with Crippen molar-refractivity contribution in [2.45, 2.75) is 13.0 Å². The normalized spacial score (nSPS) is 15.5. The molecule has 2 amide bonds. The van der Waals surface area contributed by atoms with Gasteiger partial charge in [-0.2, -0.15) is 0 Å². The van der Waals surface area contributed by atoms with Crippen LogP contribution in [0.5, 0.6) is 17.2 Å². The Kier molecular flexibility index (Phi) is 6.82. The van der Waals surface area contributed by atoms with Gasteiger partial charge in [0.25, 0.3) is 0 Å². The molecule has 29 heavy (non-hydrogen) atoms. The van der Waals surface area contributed by atoms with Crippen molar-refractivity contribution < 1.29 is 19.0 Å². The van der Waals surface area contributed by atoms with Gasteiger partial charge < -0.3 is 24.4 Å². The van der Waals surface area contributed by atoms with Crippen LogP contribution in [0.1, 0.15) is 18.5 Å². The number of ether oxygens (including phenoxy) is 3. The van der Waals surface area contributed by atoms with Gasteiger partial charge in [0.05, 0.1) is 27.0 Å². The number of methoxy groups -OCH3 is 3. The first-order valence-electron chi connectivity index (χ1n) is 9.72. The molecule has 0 spiro atoms. The van der Waals surface area contributed by atoms with Gasteiger partial charge in [-0.3, -0.25) is 4.90 Å². The minimum Gasteiger partial charge on any atom is -0.493 e. The second-order valence-corrected chi connectivity index (χ2v) is 6.95. The Labute approximate surface area is 172 Å². The quantitative estimate of drug-likeness (QED) is 0.804. The third-order valence-electron chi connectivity index (χ3n) is 5.35. The number of urea groups is 1. The van der Waals surface area contributed by atoms with Crippen LogP contribution in [0, 0.1) is 0 Å². The third kappa shape index (κ3) is 4.74. The largest absolute Gasteiger partial charge is 0.493 e. The number of nitrogens with zero attached hydrogens (tertiary/aromatic N) is 2. The molecule has 7 nitrogen and oxygen atoms in total. The third-order valence-corrected chi connectivity index (χ3v) is 5.35. The second kappa shape index (κ2) is 9.52. The van der Waals surface area contributed by atoms with Crippen molar-refractivity contribution in [3.63, 3.8) is 0 Å². The fourth-order valence-corrected chi connectivity index (χ4v) is 3.61. The summed E-state index contributed by atoms with van der Waals surface area (Å²) in [5.74, 6) is 1.50. The number of benzene rings is 2. The molecule has 1 unspecified atom stereocenters. The van der Waals surface area contributed by atoms with Gasteiger partial charge in [-0.15, -0.1) is 0 Å². The molecule has 3 rings (SSSR count). The average molecular weight is 399 g/mol. The SMILES string of the molecule is COc1cc(NC(=O)N2CCN(C(C)c3ccccc3)CC2)cc(OC)c1OC. The maximum Gasteiger partial charge on any atom is 0.321 e. The number of hydrogen-bond acceptors (Lipinski definition) is 5. The highest BCUT2D eigenvalue weighted by molar-refractivity contribution is 5.90. The maximum atomic E-state index is 12.8. The van der Waals surface area contributed by atoms with E-state index in [1.807, 2.05) is 11.0 Å². The Hall–Kier alpha value is -2.93. The van der Waals surface area contributed by atoms with Crippen molar-refractivity contribution >= 4 is 11.7 Å². The predicted octanol–water partition coefficient (Wildman–Crippen LogP) is 3.62. The van der Waals surface area contributed by atoms with Gasteiger partial charge in [0.1, 0.15) is 0 Å². The highest BCUT2D eigenvalue weighted by Gasteiger charge is 2.25. The minimum absolute atomic E-state index is 0.133. The monoisotopic (exact) mass is 399 g/mol. The molecule has 1 N–H and O–H groups in total. The van der Waals surface area contributed by atoms with Gasteiger partial charge in [-0.25, -0.2) is 4.79 Å². The maximum absolute atomic E-state index is 12.8. The molecular formula is C22H29N3O4. The summed E-state index contributed by atoms with van der Waals surface area (Å²) in [6.45, 7) is 5.22. The summed E-state index contributed by atoms with van der Waals surface area (Å²) >= 11 is 0. The zero-order chi connectivity index (χ0) is 20.8.